The van der Waals surface area contributed by atoms with E-state index in [1.54, 1.807) is 0 Å². The Morgan fingerprint density at radius 2 is 1.56 bits per heavy atom. The minimum Gasteiger partial charge on any atom is -0.410 e. The van der Waals surface area contributed by atoms with Gasteiger partial charge in [0.1, 0.15) is 6.10 Å². The normalized spacial score (nSPS) is 24.0. The maximum absolute atomic E-state index is 7.36. The highest BCUT2D eigenvalue weighted by atomic mass is 28.4. The number of nitrogens with zero attached hydrogens (tertiary/aromatic N) is 1. The smallest absolute Gasteiger partial charge is 0.192 e. The molecule has 1 spiro atoms. The first-order chi connectivity index (χ1) is 18.1. The third kappa shape index (κ3) is 5.08. The van der Waals surface area contributed by atoms with Crippen LogP contribution in [-0.4, -0.2) is 13.3 Å². The van der Waals surface area contributed by atoms with Gasteiger partial charge in [-0.25, -0.2) is 0 Å². The van der Waals surface area contributed by atoms with Crippen molar-refractivity contribution in [1.29, 1.82) is 0 Å². The lowest BCUT2D eigenvalue weighted by atomic mass is 9.70. The van der Waals surface area contributed by atoms with Gasteiger partial charge in [0.15, 0.2) is 8.32 Å². The molecule has 0 bridgehead atoms. The van der Waals surface area contributed by atoms with Crippen molar-refractivity contribution in [3.8, 4) is 0 Å². The quantitative estimate of drug-likeness (QED) is 0.349. The summed E-state index contributed by atoms with van der Waals surface area (Å²) in [6.07, 6.45) is 6.74. The summed E-state index contributed by atoms with van der Waals surface area (Å²) in [5.74, 6) is 0.861. The molecule has 214 valence electrons. The van der Waals surface area contributed by atoms with Crippen LogP contribution in [0.4, 0.5) is 0 Å². The van der Waals surface area contributed by atoms with Gasteiger partial charge in [0.2, 0.25) is 0 Å². The summed E-state index contributed by atoms with van der Waals surface area (Å²) in [5.41, 5.74) is 9.36. The summed E-state index contributed by atoms with van der Waals surface area (Å²) in [6.45, 7) is 25.9. The van der Waals surface area contributed by atoms with Crippen molar-refractivity contribution in [3.63, 3.8) is 0 Å². The molecule has 3 aliphatic rings. The lowest BCUT2D eigenvalue weighted by molar-refractivity contribution is -0.0579. The summed E-state index contributed by atoms with van der Waals surface area (Å²) in [7, 11) is -2.01. The molecule has 2 heterocycles. The number of ether oxygens (including phenoxy) is 1. The summed E-state index contributed by atoms with van der Waals surface area (Å²) in [6, 6.07) is 9.23. The molecular formula is C35H53NO2Si. The standard InChI is InChI=1S/C35H53NO2Si/c1-22(2)24-14-16-25(17-15-24)32-29-30(35(37-32)18-12-13-19-35)28-26(36-31(29)23(3)4)20-34(8,9)21-27(28)38-39(10,11)33(5,6)7/h14-17,22-23,27,32H,12-13,18-21H2,1-11H3. The number of hydrogen-bond acceptors (Lipinski definition) is 3. The minimum absolute atomic E-state index is 0.0574. The lowest BCUT2D eigenvalue weighted by Gasteiger charge is -2.45. The fraction of sp³-hybridized carbons (Fsp3) is 0.686. The highest BCUT2D eigenvalue weighted by Gasteiger charge is 2.54. The molecule has 2 atom stereocenters. The van der Waals surface area contributed by atoms with Crippen LogP contribution in [0.2, 0.25) is 18.1 Å². The van der Waals surface area contributed by atoms with Gasteiger partial charge in [-0.15, -0.1) is 0 Å². The highest BCUT2D eigenvalue weighted by Crippen LogP contribution is 2.60. The van der Waals surface area contributed by atoms with E-state index in [4.69, 9.17) is 14.1 Å². The average Bonchev–Trinajstić information content (AvgIpc) is 3.42. The van der Waals surface area contributed by atoms with Crippen molar-refractivity contribution in [1.82, 2.24) is 4.98 Å². The van der Waals surface area contributed by atoms with Crippen LogP contribution in [0.3, 0.4) is 0 Å². The zero-order valence-electron chi connectivity index (χ0n) is 26.6. The Kier molecular flexibility index (Phi) is 7.30. The van der Waals surface area contributed by atoms with Gasteiger partial charge in [-0.1, -0.05) is 99.4 Å². The maximum atomic E-state index is 7.36. The summed E-state index contributed by atoms with van der Waals surface area (Å²) < 4.78 is 14.7. The second-order valence-corrected chi connectivity index (χ2v) is 20.5. The maximum Gasteiger partial charge on any atom is 0.192 e. The van der Waals surface area contributed by atoms with Crippen LogP contribution in [0.1, 0.15) is 158 Å². The second kappa shape index (κ2) is 9.81. The molecule has 0 saturated heterocycles. The summed E-state index contributed by atoms with van der Waals surface area (Å²) in [4.78, 5) is 5.55. The first-order valence-electron chi connectivity index (χ1n) is 15.6. The van der Waals surface area contributed by atoms with E-state index >= 15 is 0 Å². The van der Waals surface area contributed by atoms with Crippen molar-refractivity contribution in [3.05, 3.63) is 63.5 Å². The monoisotopic (exact) mass is 547 g/mol. The van der Waals surface area contributed by atoms with E-state index in [1.165, 1.54) is 52.0 Å². The lowest BCUT2D eigenvalue weighted by Crippen LogP contribution is -2.44. The van der Waals surface area contributed by atoms with Crippen molar-refractivity contribution in [2.24, 2.45) is 5.41 Å². The van der Waals surface area contributed by atoms with Crippen molar-refractivity contribution in [2.75, 3.05) is 0 Å². The molecule has 0 amide bonds. The fourth-order valence-electron chi connectivity index (χ4n) is 7.07. The third-order valence-corrected chi connectivity index (χ3v) is 14.7. The van der Waals surface area contributed by atoms with Crippen molar-refractivity contribution in [2.45, 2.75) is 149 Å². The Hall–Kier alpha value is -1.49. The first kappa shape index (κ1) is 29.0. The largest absolute Gasteiger partial charge is 0.410 e. The second-order valence-electron chi connectivity index (χ2n) is 15.7. The molecule has 3 nitrogen and oxygen atoms in total. The van der Waals surface area contributed by atoms with Crippen LogP contribution in [0, 0.1) is 5.41 Å². The molecule has 2 aliphatic carbocycles. The van der Waals surface area contributed by atoms with Crippen molar-refractivity contribution >= 4 is 8.32 Å². The van der Waals surface area contributed by atoms with E-state index in [1.807, 2.05) is 0 Å². The van der Waals surface area contributed by atoms with Crippen LogP contribution < -0.4 is 0 Å². The molecule has 1 aromatic carbocycles. The Morgan fingerprint density at radius 1 is 0.949 bits per heavy atom. The average molecular weight is 548 g/mol. The van der Waals surface area contributed by atoms with Gasteiger partial charge < -0.3 is 9.16 Å². The molecule has 1 fully saturated rings. The van der Waals surface area contributed by atoms with Crippen LogP contribution in [0.25, 0.3) is 0 Å². The first-order valence-corrected chi connectivity index (χ1v) is 18.5. The van der Waals surface area contributed by atoms with Gasteiger partial charge in [0.05, 0.1) is 11.7 Å². The van der Waals surface area contributed by atoms with E-state index in [0.717, 1.165) is 25.7 Å². The molecule has 39 heavy (non-hydrogen) atoms. The molecule has 5 rings (SSSR count). The van der Waals surface area contributed by atoms with E-state index in [0.29, 0.717) is 11.8 Å². The van der Waals surface area contributed by atoms with Gasteiger partial charge in [-0.2, -0.15) is 0 Å². The van der Waals surface area contributed by atoms with Crippen LogP contribution in [0.5, 0.6) is 0 Å². The molecular weight excluding hydrogens is 494 g/mol. The van der Waals surface area contributed by atoms with Crippen LogP contribution in [0.15, 0.2) is 24.3 Å². The number of pyridine rings is 1. The number of hydrogen-bond donors (Lipinski definition) is 0. The Morgan fingerprint density at radius 3 is 2.10 bits per heavy atom. The van der Waals surface area contributed by atoms with Gasteiger partial charge in [-0.3, -0.25) is 4.98 Å². The fourth-order valence-corrected chi connectivity index (χ4v) is 8.34. The van der Waals surface area contributed by atoms with E-state index in [9.17, 15) is 0 Å². The zero-order valence-corrected chi connectivity index (χ0v) is 27.6. The van der Waals surface area contributed by atoms with Crippen LogP contribution in [-0.2, 0) is 21.2 Å². The van der Waals surface area contributed by atoms with Gasteiger partial charge in [0.25, 0.3) is 0 Å². The summed E-state index contributed by atoms with van der Waals surface area (Å²) in [5, 5.41) is 0.158. The zero-order chi connectivity index (χ0) is 28.5. The number of fused-ring (bicyclic) bond motifs is 4. The topological polar surface area (TPSA) is 31.4 Å². The predicted octanol–water partition coefficient (Wildman–Crippen LogP) is 10.3. The number of benzene rings is 1. The SMILES string of the molecule is CC(C)c1ccc(C2OC3(CCCC3)c3c4c(nc(C(C)C)c32)CC(C)(C)CC4O[Si](C)(C)C(C)(C)C)cc1. The molecule has 1 saturated carbocycles. The Bertz CT molecular complexity index is 1210. The third-order valence-electron chi connectivity index (χ3n) is 10.3. The Balaban J connectivity index is 1.75. The van der Waals surface area contributed by atoms with Gasteiger partial charge in [0, 0.05) is 22.5 Å². The molecule has 1 aromatic heterocycles. The molecule has 4 heteroatoms. The van der Waals surface area contributed by atoms with E-state index in [2.05, 4.69) is 99.7 Å². The van der Waals surface area contributed by atoms with E-state index in [-0.39, 0.29) is 28.3 Å². The van der Waals surface area contributed by atoms with E-state index < -0.39 is 8.32 Å². The van der Waals surface area contributed by atoms with Gasteiger partial charge in [-0.05, 0) is 77.8 Å². The molecule has 0 N–H and O–H groups in total. The number of aromatic nitrogens is 1. The van der Waals surface area contributed by atoms with Gasteiger partial charge >= 0.3 is 0 Å². The summed E-state index contributed by atoms with van der Waals surface area (Å²) >= 11 is 0. The van der Waals surface area contributed by atoms with Crippen molar-refractivity contribution < 1.29 is 9.16 Å². The number of rotatable bonds is 5. The molecule has 1 aliphatic heterocycles. The highest BCUT2D eigenvalue weighted by molar-refractivity contribution is 6.74. The minimum atomic E-state index is -2.01. The van der Waals surface area contributed by atoms with Crippen LogP contribution >= 0.6 is 0 Å². The Labute approximate surface area is 239 Å². The molecule has 2 unspecified atom stereocenters. The molecule has 2 aromatic rings. The molecule has 0 radical (unpaired) electrons. The predicted molar refractivity (Wildman–Crippen MR) is 165 cm³/mol.